The van der Waals surface area contributed by atoms with Gasteiger partial charge in [0.1, 0.15) is 0 Å². The minimum atomic E-state index is 1.06. The summed E-state index contributed by atoms with van der Waals surface area (Å²) in [7, 11) is 5.26. The fourth-order valence-electron chi connectivity index (χ4n) is 4.06. The van der Waals surface area contributed by atoms with E-state index in [1.165, 1.54) is 6.69 Å². The van der Waals surface area contributed by atoms with Gasteiger partial charge in [-0.15, -0.1) is 0 Å². The van der Waals surface area contributed by atoms with Crippen LogP contribution in [0.25, 0.3) is 0 Å². The van der Waals surface area contributed by atoms with E-state index in [0.717, 1.165) is 6.32 Å². The molecule has 0 rings (SSSR count). The molecule has 0 fully saturated rings. The van der Waals surface area contributed by atoms with Crippen molar-refractivity contribution < 1.29 is 0 Å². The van der Waals surface area contributed by atoms with E-state index in [2.05, 4.69) is 20.4 Å². The summed E-state index contributed by atoms with van der Waals surface area (Å²) in [5, 5.41) is 0. The number of hydrogen-bond acceptors (Lipinski definition) is 0. The van der Waals surface area contributed by atoms with Crippen molar-refractivity contribution in [2.75, 3.05) is 0 Å². The molecule has 0 spiro atoms. The Morgan fingerprint density at radius 3 is 0.333 bits per heavy atom. The number of rotatable bonds is 32. The first-order valence-electron chi connectivity index (χ1n) is 22.1. The van der Waals surface area contributed by atoms with Crippen LogP contribution in [0, 0.1) is 0 Å². The van der Waals surface area contributed by atoms with E-state index in [1.807, 2.05) is 395 Å². The van der Waals surface area contributed by atoms with Crippen molar-refractivity contribution in [3.63, 3.8) is 0 Å². The quantitative estimate of drug-likeness (QED) is 0.0607. The zero-order valence-electron chi connectivity index (χ0n) is 38.7. The summed E-state index contributed by atoms with van der Waals surface area (Å²) in [6.45, 7) is 127. The molecule has 0 aromatic rings. The molecule has 0 amide bonds. The van der Waals surface area contributed by atoms with Gasteiger partial charge in [0.25, 0.3) is 0 Å². The van der Waals surface area contributed by atoms with Gasteiger partial charge in [0.2, 0.25) is 0 Å². The maximum atomic E-state index is 5.26. The molecule has 205 valence electrons. The van der Waals surface area contributed by atoms with Crippen LogP contribution >= 0.6 is 0 Å². The van der Waals surface area contributed by atoms with E-state index in [4.69, 9.17) is 7.37 Å². The summed E-state index contributed by atoms with van der Waals surface area (Å²) in [5.41, 5.74) is 0. The maximum absolute atomic E-state index is 5.26. The summed E-state index contributed by atoms with van der Waals surface area (Å²) in [6, 6.07) is 0. The van der Waals surface area contributed by atoms with Crippen LogP contribution in [0.4, 0.5) is 0 Å². The van der Waals surface area contributed by atoms with Gasteiger partial charge in [-0.25, -0.2) is 0 Å². The van der Waals surface area contributed by atoms with Crippen molar-refractivity contribution in [1.82, 2.24) is 0 Å². The fraction of sp³-hybridized carbons (Fsp3) is 1.00. The van der Waals surface area contributed by atoms with E-state index < -0.39 is 0 Å². The first-order chi connectivity index (χ1) is 32.9. The second kappa shape index (κ2) is 69.2. The van der Waals surface area contributed by atoms with Crippen LogP contribution in [0.1, 0.15) is 6.92 Å². The van der Waals surface area contributed by atoms with Gasteiger partial charge in [-0.3, -0.25) is 0 Å². The van der Waals surface area contributed by atoms with Crippen LogP contribution in [0.5, 0.6) is 0 Å². The molecule has 0 saturated carbocycles. The van der Waals surface area contributed by atoms with Crippen LogP contribution in [-0.2, 0) is 0 Å². The Morgan fingerprint density at radius 2 is 0.242 bits per heavy atom. The molecule has 66 heavy (non-hydrogen) atoms. The molecule has 0 bridgehead atoms. The summed E-state index contributed by atoms with van der Waals surface area (Å²) in [4.78, 5) is 0. The predicted molar refractivity (Wildman–Crippen MR) is 379 cm³/mol. The molecule has 0 heterocycles. The summed E-state index contributed by atoms with van der Waals surface area (Å²) in [5.74, 6) is 0. The first kappa shape index (κ1) is 70.2. The molecule has 0 N–H and O–H groups in total. The molecule has 0 atom stereocenters. The van der Waals surface area contributed by atoms with Gasteiger partial charge in [0.15, 0.2) is 0 Å². The van der Waals surface area contributed by atoms with Gasteiger partial charge in [0.05, 0.1) is 0 Å². The second-order valence-corrected chi connectivity index (χ2v) is 12.6. The predicted octanol–water partition coefficient (Wildman–Crippen LogP) is -23.4. The number of hydrogen-bond donors (Lipinski definition) is 0. The molecule has 0 aromatic heterocycles. The average Bonchev–Trinajstić information content (AvgIpc) is 3.33. The normalized spacial score (nSPS) is 7.82. The van der Waals surface area contributed by atoms with Crippen LogP contribution in [0.3, 0.4) is 0 Å². The monoisotopic (exact) mass is 734 g/mol. The van der Waals surface area contributed by atoms with E-state index in [-0.39, 0.29) is 0 Å². The Morgan fingerprint density at radius 1 is 0.152 bits per heavy atom. The van der Waals surface area contributed by atoms with Crippen LogP contribution in [-0.4, -0.2) is 429 Å². The Bertz CT molecular complexity index is 2210. The Kier molecular flexibility index (Phi) is 73.5. The third-order valence-electron chi connectivity index (χ3n) is 7.15. The summed E-state index contributed by atoms with van der Waals surface area (Å²) in [6.07, 6.45) is 1.06. The molecule has 0 aliphatic carbocycles. The van der Waals surface area contributed by atoms with Gasteiger partial charge >= 0.3 is 442 Å². The topological polar surface area (TPSA) is 0 Å². The third kappa shape index (κ3) is 68.2. The second-order valence-electron chi connectivity index (χ2n) is 12.6. The molecule has 1 radical (unpaired) electrons. The Hall–Kier alpha value is 4.16. The Labute approximate surface area is 438 Å². The van der Waals surface area contributed by atoms with Crippen molar-refractivity contribution in [3.8, 4) is 0 Å². The Balaban J connectivity index is 4.08. The molecular formula is C2H5B64. The molecule has 64 heteroatoms. The summed E-state index contributed by atoms with van der Waals surface area (Å²) >= 11 is 0. The van der Waals surface area contributed by atoms with Gasteiger partial charge in [-0.05, 0) is 0 Å². The van der Waals surface area contributed by atoms with Crippen molar-refractivity contribution in [2.45, 2.75) is 13.2 Å². The van der Waals surface area contributed by atoms with Crippen molar-refractivity contribution in [2.24, 2.45) is 0 Å². The molecular weight excluding hydrogens is 716 g/mol. The molecule has 0 aromatic carbocycles. The van der Waals surface area contributed by atoms with Crippen molar-refractivity contribution in [3.05, 3.63) is 0 Å². The summed E-state index contributed by atoms with van der Waals surface area (Å²) < 4.78 is 0. The van der Waals surface area contributed by atoms with E-state index in [1.54, 1.807) is 6.69 Å². The van der Waals surface area contributed by atoms with Crippen LogP contribution in [0.15, 0.2) is 0 Å². The van der Waals surface area contributed by atoms with E-state index >= 15 is 0 Å². The van der Waals surface area contributed by atoms with Gasteiger partial charge < -0.3 is 0 Å². The molecule has 0 aliphatic rings. The molecule has 0 unspecified atom stereocenters. The third-order valence-corrected chi connectivity index (χ3v) is 7.15. The fourth-order valence-corrected chi connectivity index (χ4v) is 4.06. The first-order valence-corrected chi connectivity index (χ1v) is 22.1. The SMILES string of the molecule is [B]=BB=BB=BB=BB=BB=BB=BB=BB=BB=BB=BB=BB=BB=BB=BB=BB=BB=BB=BB=BB=BB=BB=BB=BB=BB=BB=BB=BB=BB=BB=BB=BCC. The standard InChI is InChI=1S/C2H5B64/c1-2-4-6-8-10-12-14-16-18-20-22-24-26-28-30-32-34-36-38-40-42-44-46-48-50-52-54-56-58-60-62-64-66-65-63-61-59-57-55-53-51-49-47-45-43-41-39-37-35-33-31-29-27-25-23-21-19-17-15-13-11-9-7-5-3/h2H2,1H3. The molecule has 0 saturated heterocycles. The van der Waals surface area contributed by atoms with Gasteiger partial charge in [-0.2, -0.15) is 0 Å². The van der Waals surface area contributed by atoms with Crippen molar-refractivity contribution >= 4 is 429 Å². The molecule has 0 aliphatic heterocycles. The zero-order valence-corrected chi connectivity index (χ0v) is 38.7. The minimum absolute atomic E-state index is 1.06. The van der Waals surface area contributed by atoms with Gasteiger partial charge in [-0.1, -0.05) is 0 Å². The van der Waals surface area contributed by atoms with E-state index in [9.17, 15) is 0 Å². The average molecular weight is 721 g/mol. The zero-order chi connectivity index (χ0) is 47.3. The van der Waals surface area contributed by atoms with Crippen LogP contribution < -0.4 is 0 Å². The molecule has 0 nitrogen and oxygen atoms in total. The van der Waals surface area contributed by atoms with E-state index in [0.29, 0.717) is 0 Å². The van der Waals surface area contributed by atoms with Gasteiger partial charge in [0, 0.05) is 0 Å². The van der Waals surface area contributed by atoms with Crippen molar-refractivity contribution in [1.29, 1.82) is 0 Å². The van der Waals surface area contributed by atoms with Crippen LogP contribution in [0.2, 0.25) is 6.32 Å².